The molecule has 17 heavy (non-hydrogen) atoms. The third-order valence-electron chi connectivity index (χ3n) is 2.61. The van der Waals surface area contributed by atoms with Crippen LogP contribution in [0.5, 0.6) is 11.5 Å². The van der Waals surface area contributed by atoms with Gasteiger partial charge in [-0.2, -0.15) is 0 Å². The number of ether oxygens (including phenoxy) is 3. The Hall–Kier alpha value is -1.26. The lowest BCUT2D eigenvalue weighted by atomic mass is 10.1. The lowest BCUT2D eigenvalue weighted by molar-refractivity contribution is 0.156. The summed E-state index contributed by atoms with van der Waals surface area (Å²) >= 11 is 0. The van der Waals surface area contributed by atoms with Crippen LogP contribution >= 0.6 is 0 Å². The van der Waals surface area contributed by atoms with Crippen molar-refractivity contribution >= 4 is 0 Å². The average Bonchev–Trinajstić information content (AvgIpc) is 2.39. The number of hydrogen-bond donors (Lipinski definition) is 1. The van der Waals surface area contributed by atoms with Gasteiger partial charge in [0.05, 0.1) is 13.7 Å². The van der Waals surface area contributed by atoms with Gasteiger partial charge in [-0.3, -0.25) is 0 Å². The smallest absolute Gasteiger partial charge is 0.161 e. The topological polar surface area (TPSA) is 53.7 Å². The Morgan fingerprint density at radius 3 is 2.47 bits per heavy atom. The van der Waals surface area contributed by atoms with E-state index in [1.165, 1.54) is 0 Å². The second kappa shape index (κ2) is 7.92. The maximum Gasteiger partial charge on any atom is 0.161 e. The highest BCUT2D eigenvalue weighted by molar-refractivity contribution is 5.39. The first-order valence-electron chi connectivity index (χ1n) is 5.76. The molecule has 0 radical (unpaired) electrons. The minimum atomic E-state index is 0.305. The monoisotopic (exact) mass is 239 g/mol. The molecule has 0 aliphatic rings. The Bertz CT molecular complexity index is 317. The van der Waals surface area contributed by atoms with E-state index in [0.717, 1.165) is 17.9 Å². The molecule has 0 heterocycles. The Morgan fingerprint density at radius 2 is 1.88 bits per heavy atom. The average molecular weight is 239 g/mol. The Balaban J connectivity index is 2.47. The van der Waals surface area contributed by atoms with Crippen LogP contribution in [-0.4, -0.2) is 34.0 Å². The highest BCUT2D eigenvalue weighted by Crippen LogP contribution is 2.26. The van der Waals surface area contributed by atoms with Crippen molar-refractivity contribution in [2.75, 3.05) is 34.0 Å². The van der Waals surface area contributed by atoms with Crippen LogP contribution in [0.4, 0.5) is 0 Å². The van der Waals surface area contributed by atoms with Crippen LogP contribution in [0.1, 0.15) is 6.42 Å². The molecular weight excluding hydrogens is 218 g/mol. The molecule has 4 nitrogen and oxygen atoms in total. The van der Waals surface area contributed by atoms with E-state index in [2.05, 4.69) is 0 Å². The normalized spacial score (nSPS) is 12.2. The molecule has 0 aromatic heterocycles. The van der Waals surface area contributed by atoms with Crippen molar-refractivity contribution in [3.63, 3.8) is 0 Å². The molecule has 0 saturated carbocycles. The van der Waals surface area contributed by atoms with Crippen molar-refractivity contribution in [1.82, 2.24) is 0 Å². The summed E-state index contributed by atoms with van der Waals surface area (Å²) in [7, 11) is 3.32. The van der Waals surface area contributed by atoms with E-state index in [1.54, 1.807) is 14.2 Å². The molecule has 1 atom stereocenters. The van der Waals surface area contributed by atoms with Crippen molar-refractivity contribution in [1.29, 1.82) is 0 Å². The molecule has 1 aromatic carbocycles. The second-order valence-electron chi connectivity index (χ2n) is 3.85. The van der Waals surface area contributed by atoms with Gasteiger partial charge in [-0.25, -0.2) is 0 Å². The zero-order valence-electron chi connectivity index (χ0n) is 10.5. The van der Waals surface area contributed by atoms with E-state index < -0.39 is 0 Å². The van der Waals surface area contributed by atoms with E-state index in [4.69, 9.17) is 19.9 Å². The quantitative estimate of drug-likeness (QED) is 0.750. The van der Waals surface area contributed by atoms with Gasteiger partial charge >= 0.3 is 0 Å². The number of methoxy groups -OCH3 is 2. The van der Waals surface area contributed by atoms with E-state index in [-0.39, 0.29) is 0 Å². The predicted molar refractivity (Wildman–Crippen MR) is 67.5 cm³/mol. The third kappa shape index (κ3) is 4.63. The molecule has 1 rings (SSSR count). The fraction of sp³-hybridized carbons (Fsp3) is 0.538. The van der Waals surface area contributed by atoms with Crippen molar-refractivity contribution in [2.45, 2.75) is 6.42 Å². The molecule has 4 heteroatoms. The summed E-state index contributed by atoms with van der Waals surface area (Å²) in [5.74, 6) is 1.81. The fourth-order valence-electron chi connectivity index (χ4n) is 1.50. The maximum atomic E-state index is 5.72. The number of para-hydroxylation sites is 2. The van der Waals surface area contributed by atoms with Crippen molar-refractivity contribution in [2.24, 2.45) is 11.7 Å². The number of hydrogen-bond acceptors (Lipinski definition) is 4. The summed E-state index contributed by atoms with van der Waals surface area (Å²) < 4.78 is 16.0. The van der Waals surface area contributed by atoms with Crippen LogP contribution in [0.3, 0.4) is 0 Å². The minimum Gasteiger partial charge on any atom is -0.493 e. The molecule has 0 fully saturated rings. The summed E-state index contributed by atoms with van der Waals surface area (Å²) in [5.41, 5.74) is 5.68. The zero-order chi connectivity index (χ0) is 12.5. The van der Waals surface area contributed by atoms with Crippen molar-refractivity contribution in [3.8, 4) is 11.5 Å². The predicted octanol–water partition coefficient (Wildman–Crippen LogP) is 1.69. The van der Waals surface area contributed by atoms with Gasteiger partial charge in [0.25, 0.3) is 0 Å². The molecule has 1 aromatic rings. The Morgan fingerprint density at radius 1 is 1.18 bits per heavy atom. The van der Waals surface area contributed by atoms with E-state index in [9.17, 15) is 0 Å². The summed E-state index contributed by atoms with van der Waals surface area (Å²) in [6.07, 6.45) is 0.905. The SMILES string of the molecule is COCCC(CN)COc1ccccc1OC. The van der Waals surface area contributed by atoms with Crippen LogP contribution in [0.2, 0.25) is 0 Å². The van der Waals surface area contributed by atoms with Crippen LogP contribution in [0.25, 0.3) is 0 Å². The van der Waals surface area contributed by atoms with Gasteiger partial charge < -0.3 is 19.9 Å². The first kappa shape index (κ1) is 13.8. The number of nitrogens with two attached hydrogens (primary N) is 1. The molecule has 0 aliphatic carbocycles. The first-order valence-corrected chi connectivity index (χ1v) is 5.76. The van der Waals surface area contributed by atoms with E-state index in [0.29, 0.717) is 25.7 Å². The summed E-state index contributed by atoms with van der Waals surface area (Å²) in [4.78, 5) is 0. The molecule has 1 unspecified atom stereocenters. The molecule has 0 saturated heterocycles. The molecule has 0 bridgehead atoms. The third-order valence-corrected chi connectivity index (χ3v) is 2.61. The Labute approximate surface area is 103 Å². The van der Waals surface area contributed by atoms with Crippen LogP contribution in [-0.2, 0) is 4.74 Å². The lowest BCUT2D eigenvalue weighted by Crippen LogP contribution is -2.23. The lowest BCUT2D eigenvalue weighted by Gasteiger charge is -2.16. The van der Waals surface area contributed by atoms with Gasteiger partial charge in [-0.05, 0) is 25.1 Å². The molecular formula is C13H21NO3. The van der Waals surface area contributed by atoms with Gasteiger partial charge in [-0.15, -0.1) is 0 Å². The zero-order valence-corrected chi connectivity index (χ0v) is 10.5. The summed E-state index contributed by atoms with van der Waals surface area (Å²) in [6, 6.07) is 7.60. The standard InChI is InChI=1S/C13H21NO3/c1-15-8-7-11(9-14)10-17-13-6-4-3-5-12(13)16-2/h3-6,11H,7-10,14H2,1-2H3. The summed E-state index contributed by atoms with van der Waals surface area (Å²) in [5, 5.41) is 0. The van der Waals surface area contributed by atoms with Crippen molar-refractivity contribution in [3.05, 3.63) is 24.3 Å². The molecule has 0 amide bonds. The van der Waals surface area contributed by atoms with Crippen LogP contribution < -0.4 is 15.2 Å². The molecule has 2 N–H and O–H groups in total. The Kier molecular flexibility index (Phi) is 6.43. The van der Waals surface area contributed by atoms with Crippen molar-refractivity contribution < 1.29 is 14.2 Å². The van der Waals surface area contributed by atoms with Gasteiger partial charge in [0.2, 0.25) is 0 Å². The highest BCUT2D eigenvalue weighted by Gasteiger charge is 2.09. The van der Waals surface area contributed by atoms with Gasteiger partial charge in [0.15, 0.2) is 11.5 Å². The number of benzene rings is 1. The largest absolute Gasteiger partial charge is 0.493 e. The number of rotatable bonds is 8. The van der Waals surface area contributed by atoms with Gasteiger partial charge in [-0.1, -0.05) is 12.1 Å². The molecule has 0 aliphatic heterocycles. The van der Waals surface area contributed by atoms with Gasteiger partial charge in [0.1, 0.15) is 0 Å². The second-order valence-corrected chi connectivity index (χ2v) is 3.85. The minimum absolute atomic E-state index is 0.305. The van der Waals surface area contributed by atoms with E-state index >= 15 is 0 Å². The summed E-state index contributed by atoms with van der Waals surface area (Å²) in [6.45, 7) is 1.88. The van der Waals surface area contributed by atoms with Crippen LogP contribution in [0.15, 0.2) is 24.3 Å². The first-order chi connectivity index (χ1) is 8.31. The molecule has 96 valence electrons. The van der Waals surface area contributed by atoms with Gasteiger partial charge in [0, 0.05) is 19.6 Å². The fourth-order valence-corrected chi connectivity index (χ4v) is 1.50. The maximum absolute atomic E-state index is 5.72. The van der Waals surface area contributed by atoms with E-state index in [1.807, 2.05) is 24.3 Å². The highest BCUT2D eigenvalue weighted by atomic mass is 16.5. The molecule has 0 spiro atoms. The van der Waals surface area contributed by atoms with Crippen LogP contribution in [0, 0.1) is 5.92 Å².